The second-order valence-electron chi connectivity index (χ2n) is 7.52. The van der Waals surface area contributed by atoms with Crippen LogP contribution >= 0.6 is 0 Å². The lowest BCUT2D eigenvalue weighted by atomic mass is 9.96. The predicted molar refractivity (Wildman–Crippen MR) is 101 cm³/mol. The second kappa shape index (κ2) is 6.85. The molecule has 1 aliphatic heterocycles. The van der Waals surface area contributed by atoms with Crippen LogP contribution in [0.5, 0.6) is 0 Å². The molecule has 0 unspecified atom stereocenters. The van der Waals surface area contributed by atoms with Gasteiger partial charge in [0.05, 0.1) is 17.1 Å². The van der Waals surface area contributed by atoms with Crippen LogP contribution in [0.4, 0.5) is 21.0 Å². The molecule has 1 amide bonds. The summed E-state index contributed by atoms with van der Waals surface area (Å²) in [6.45, 7) is 4.20. The van der Waals surface area contributed by atoms with Gasteiger partial charge < -0.3 is 10.1 Å². The van der Waals surface area contributed by atoms with Gasteiger partial charge in [0.15, 0.2) is 6.29 Å². The Hall–Kier alpha value is -3.03. The van der Waals surface area contributed by atoms with Crippen LogP contribution in [0.25, 0.3) is 0 Å². The second-order valence-corrected chi connectivity index (χ2v) is 7.52. The maximum Gasteiger partial charge on any atom is 0.416 e. The van der Waals surface area contributed by atoms with Gasteiger partial charge in [0.25, 0.3) is 0 Å². The number of ether oxygens (including phenoxy) is 1. The number of halogens is 1. The number of aldehydes is 1. The van der Waals surface area contributed by atoms with E-state index in [1.165, 1.54) is 12.1 Å². The highest BCUT2D eigenvalue weighted by Crippen LogP contribution is 2.47. The number of nitrogens with zero attached hydrogens (tertiary/aromatic N) is 3. The molecule has 0 bridgehead atoms. The summed E-state index contributed by atoms with van der Waals surface area (Å²) >= 11 is 0. The van der Waals surface area contributed by atoms with Gasteiger partial charge in [-0.2, -0.15) is 4.98 Å². The monoisotopic (exact) mass is 384 g/mol. The Morgan fingerprint density at radius 1 is 1.39 bits per heavy atom. The number of carbonyl (C=O) groups excluding carboxylic acids is 2. The molecule has 1 aliphatic carbocycles. The van der Waals surface area contributed by atoms with E-state index in [9.17, 15) is 14.0 Å². The predicted octanol–water partition coefficient (Wildman–Crippen LogP) is 3.73. The molecule has 2 aliphatic rings. The van der Waals surface area contributed by atoms with Gasteiger partial charge in [0.2, 0.25) is 5.95 Å². The van der Waals surface area contributed by atoms with Crippen LogP contribution in [-0.4, -0.2) is 34.5 Å². The Morgan fingerprint density at radius 2 is 2.18 bits per heavy atom. The normalized spacial score (nSPS) is 22.7. The van der Waals surface area contributed by atoms with Crippen molar-refractivity contribution in [2.75, 3.05) is 16.8 Å². The minimum absolute atomic E-state index is 0.0149. The topological polar surface area (TPSA) is 84.4 Å². The number of rotatable bonds is 6. The van der Waals surface area contributed by atoms with Gasteiger partial charge in [0.1, 0.15) is 18.2 Å². The van der Waals surface area contributed by atoms with Crippen LogP contribution in [0.2, 0.25) is 0 Å². The van der Waals surface area contributed by atoms with Crippen LogP contribution in [-0.2, 0) is 4.74 Å². The van der Waals surface area contributed by atoms with Crippen LogP contribution in [0.3, 0.4) is 0 Å². The summed E-state index contributed by atoms with van der Waals surface area (Å²) in [5.74, 6) is 0.631. The van der Waals surface area contributed by atoms with Gasteiger partial charge >= 0.3 is 6.09 Å². The summed E-state index contributed by atoms with van der Waals surface area (Å²) < 4.78 is 19.2. The van der Waals surface area contributed by atoms with E-state index >= 15 is 0 Å². The summed E-state index contributed by atoms with van der Waals surface area (Å²) in [7, 11) is 0. The molecule has 1 saturated carbocycles. The Bertz CT molecular complexity index is 933. The quantitative estimate of drug-likeness (QED) is 0.764. The van der Waals surface area contributed by atoms with Crippen LogP contribution in [0, 0.1) is 11.7 Å². The van der Waals surface area contributed by atoms with Crippen LogP contribution in [0.15, 0.2) is 30.5 Å². The van der Waals surface area contributed by atoms with Gasteiger partial charge in [-0.3, -0.25) is 9.69 Å². The third kappa shape index (κ3) is 3.19. The summed E-state index contributed by atoms with van der Waals surface area (Å²) in [6, 6.07) is 5.81. The minimum Gasteiger partial charge on any atom is -0.447 e. The fraction of sp³-hybridized carbons (Fsp3) is 0.400. The molecule has 2 atom stereocenters. The molecule has 8 heteroatoms. The van der Waals surface area contributed by atoms with Gasteiger partial charge in [0, 0.05) is 6.20 Å². The number of hydrogen-bond donors (Lipinski definition) is 1. The Morgan fingerprint density at radius 3 is 2.86 bits per heavy atom. The highest BCUT2D eigenvalue weighted by atomic mass is 19.1. The average molecular weight is 384 g/mol. The molecule has 146 valence electrons. The Balaban J connectivity index is 1.56. The van der Waals surface area contributed by atoms with Gasteiger partial charge in [-0.15, -0.1) is 0 Å². The van der Waals surface area contributed by atoms with E-state index in [1.807, 2.05) is 13.8 Å². The number of cyclic esters (lactones) is 1. The van der Waals surface area contributed by atoms with E-state index in [0.717, 1.165) is 12.8 Å². The van der Waals surface area contributed by atoms with Crippen molar-refractivity contribution in [1.82, 2.24) is 9.97 Å². The smallest absolute Gasteiger partial charge is 0.416 e. The van der Waals surface area contributed by atoms with Crippen molar-refractivity contribution in [3.05, 3.63) is 47.4 Å². The molecule has 4 rings (SSSR count). The lowest BCUT2D eigenvalue weighted by molar-refractivity contribution is 0.111. The first kappa shape index (κ1) is 18.3. The fourth-order valence-corrected chi connectivity index (χ4v) is 3.63. The van der Waals surface area contributed by atoms with Crippen LogP contribution in [0.1, 0.15) is 48.7 Å². The Kier molecular flexibility index (Phi) is 4.49. The first-order valence-corrected chi connectivity index (χ1v) is 9.23. The number of benzene rings is 1. The SMILES string of the molecule is C[C@H](Nc1nccc(N2C(=O)OC[C@]2(C)C2CC2)n1)c1ccc(C=O)c(F)c1. The van der Waals surface area contributed by atoms with E-state index < -0.39 is 17.4 Å². The van der Waals surface area contributed by atoms with Crippen LogP contribution < -0.4 is 10.2 Å². The van der Waals surface area contributed by atoms with E-state index in [-0.39, 0.29) is 11.6 Å². The molecule has 2 fully saturated rings. The molecule has 1 aromatic heterocycles. The van der Waals surface area contributed by atoms with E-state index in [2.05, 4.69) is 15.3 Å². The molecule has 2 aromatic rings. The summed E-state index contributed by atoms with van der Waals surface area (Å²) in [5, 5.41) is 3.12. The number of carbonyl (C=O) groups is 2. The number of aromatic nitrogens is 2. The highest BCUT2D eigenvalue weighted by molar-refractivity contribution is 5.90. The number of amides is 1. The van der Waals surface area contributed by atoms with Gasteiger partial charge in [-0.25, -0.2) is 14.2 Å². The molecule has 0 radical (unpaired) electrons. The third-order valence-electron chi connectivity index (χ3n) is 5.51. The molecule has 7 nitrogen and oxygen atoms in total. The van der Waals surface area contributed by atoms with Crippen molar-refractivity contribution in [2.24, 2.45) is 5.92 Å². The zero-order valence-electron chi connectivity index (χ0n) is 15.7. The Labute approximate surface area is 161 Å². The summed E-state index contributed by atoms with van der Waals surface area (Å²) in [4.78, 5) is 33.4. The zero-order valence-corrected chi connectivity index (χ0v) is 15.7. The summed E-state index contributed by atoms with van der Waals surface area (Å²) in [6.07, 6.45) is 3.79. The standard InChI is InChI=1S/C20H21FN4O3/c1-12(13-3-4-14(10-26)16(21)9-13)23-18-22-8-7-17(24-18)25-19(27)28-11-20(25,2)15-5-6-15/h3-4,7-10,12,15H,5-6,11H2,1-2H3,(H,22,23,24)/t12-,20+/m0/s1. The highest BCUT2D eigenvalue weighted by Gasteiger charge is 2.54. The molecule has 2 heterocycles. The van der Waals surface area contributed by atoms with Crippen molar-refractivity contribution in [2.45, 2.75) is 38.3 Å². The average Bonchev–Trinajstić information content (AvgIpc) is 3.48. The number of hydrogen-bond acceptors (Lipinski definition) is 6. The van der Waals surface area contributed by atoms with E-state index in [1.54, 1.807) is 23.2 Å². The zero-order chi connectivity index (χ0) is 19.9. The largest absolute Gasteiger partial charge is 0.447 e. The van der Waals surface area contributed by atoms with E-state index in [0.29, 0.717) is 36.1 Å². The first-order chi connectivity index (χ1) is 13.4. The van der Waals surface area contributed by atoms with Gasteiger partial charge in [-0.05, 0) is 56.4 Å². The van der Waals surface area contributed by atoms with Crippen molar-refractivity contribution in [1.29, 1.82) is 0 Å². The maximum atomic E-state index is 13.9. The van der Waals surface area contributed by atoms with E-state index in [4.69, 9.17) is 4.74 Å². The molecular weight excluding hydrogens is 363 g/mol. The van der Waals surface area contributed by atoms with Gasteiger partial charge in [-0.1, -0.05) is 6.07 Å². The fourth-order valence-electron chi connectivity index (χ4n) is 3.63. The lowest BCUT2D eigenvalue weighted by Crippen LogP contribution is -2.47. The summed E-state index contributed by atoms with van der Waals surface area (Å²) in [5.41, 5.74) is 0.267. The number of anilines is 2. The lowest BCUT2D eigenvalue weighted by Gasteiger charge is -2.31. The van der Waals surface area contributed by atoms with Crippen molar-refractivity contribution in [3.8, 4) is 0 Å². The molecule has 28 heavy (non-hydrogen) atoms. The minimum atomic E-state index is -0.573. The number of nitrogens with one attached hydrogen (secondary N) is 1. The molecular formula is C20H21FN4O3. The molecule has 0 spiro atoms. The first-order valence-electron chi connectivity index (χ1n) is 9.23. The molecule has 1 N–H and O–H groups in total. The van der Waals surface area contributed by atoms with Crippen molar-refractivity contribution < 1.29 is 18.7 Å². The molecule has 1 saturated heterocycles. The maximum absolute atomic E-state index is 13.9. The van der Waals surface area contributed by atoms with Crippen molar-refractivity contribution in [3.63, 3.8) is 0 Å². The third-order valence-corrected chi connectivity index (χ3v) is 5.51. The van der Waals surface area contributed by atoms with Crippen molar-refractivity contribution >= 4 is 24.1 Å². The molecule has 1 aromatic carbocycles.